The Morgan fingerprint density at radius 3 is 2.75 bits per heavy atom. The van der Waals surface area contributed by atoms with E-state index < -0.39 is 0 Å². The average Bonchev–Trinajstić information content (AvgIpc) is 2.41. The standard InChI is InChI=1S/C16H26N4/c1-13(2)20(3)11-5-4-10-19-15-6-7-16(18)14(12-15)8-9-17/h6-7,12-13,19H,4-5,8,10-11,18H2,1-3H3. The number of nitriles is 1. The van der Waals surface area contributed by atoms with Crippen molar-refractivity contribution in [2.75, 3.05) is 31.2 Å². The maximum atomic E-state index is 8.75. The van der Waals surface area contributed by atoms with Gasteiger partial charge in [0.25, 0.3) is 0 Å². The second kappa shape index (κ2) is 8.44. The number of nitrogens with two attached hydrogens (primary N) is 1. The number of hydrogen-bond donors (Lipinski definition) is 2. The van der Waals surface area contributed by atoms with Gasteiger partial charge < -0.3 is 16.0 Å². The Balaban J connectivity index is 2.32. The normalized spacial score (nSPS) is 10.8. The zero-order chi connectivity index (χ0) is 15.0. The van der Waals surface area contributed by atoms with E-state index >= 15 is 0 Å². The number of nitrogens with one attached hydrogen (secondary N) is 1. The van der Waals surface area contributed by atoms with Gasteiger partial charge in [-0.15, -0.1) is 0 Å². The van der Waals surface area contributed by atoms with Crippen molar-refractivity contribution in [1.29, 1.82) is 5.26 Å². The molecule has 0 saturated heterocycles. The fourth-order valence-corrected chi connectivity index (χ4v) is 1.93. The highest BCUT2D eigenvalue weighted by Crippen LogP contribution is 2.18. The zero-order valence-electron chi connectivity index (χ0n) is 12.8. The maximum absolute atomic E-state index is 8.75. The molecule has 4 nitrogen and oxygen atoms in total. The minimum absolute atomic E-state index is 0.362. The van der Waals surface area contributed by atoms with Crippen LogP contribution in [-0.4, -0.2) is 31.1 Å². The molecule has 3 N–H and O–H groups in total. The molecule has 0 unspecified atom stereocenters. The van der Waals surface area contributed by atoms with Crippen LogP contribution in [-0.2, 0) is 6.42 Å². The van der Waals surface area contributed by atoms with Gasteiger partial charge in [0.15, 0.2) is 0 Å². The lowest BCUT2D eigenvalue weighted by Gasteiger charge is -2.20. The van der Waals surface area contributed by atoms with Gasteiger partial charge in [-0.3, -0.25) is 0 Å². The molecular formula is C16H26N4. The van der Waals surface area contributed by atoms with Gasteiger partial charge in [-0.2, -0.15) is 5.26 Å². The quantitative estimate of drug-likeness (QED) is 0.565. The van der Waals surface area contributed by atoms with Gasteiger partial charge in [0, 0.05) is 24.0 Å². The number of anilines is 2. The SMILES string of the molecule is CC(C)N(C)CCCCNc1ccc(N)c(CC#N)c1. The van der Waals surface area contributed by atoms with Gasteiger partial charge in [0.05, 0.1) is 12.5 Å². The minimum atomic E-state index is 0.362. The summed E-state index contributed by atoms with van der Waals surface area (Å²) in [5, 5.41) is 12.1. The van der Waals surface area contributed by atoms with Crippen molar-refractivity contribution in [2.24, 2.45) is 0 Å². The van der Waals surface area contributed by atoms with Gasteiger partial charge in [0.2, 0.25) is 0 Å². The highest BCUT2D eigenvalue weighted by atomic mass is 15.1. The topological polar surface area (TPSA) is 65.1 Å². The van der Waals surface area contributed by atoms with E-state index in [2.05, 4.69) is 37.2 Å². The molecule has 0 atom stereocenters. The fourth-order valence-electron chi connectivity index (χ4n) is 1.93. The molecule has 0 bridgehead atoms. The van der Waals surface area contributed by atoms with E-state index in [4.69, 9.17) is 11.0 Å². The van der Waals surface area contributed by atoms with Crippen LogP contribution < -0.4 is 11.1 Å². The van der Waals surface area contributed by atoms with Crippen LogP contribution in [0.3, 0.4) is 0 Å². The summed E-state index contributed by atoms with van der Waals surface area (Å²) >= 11 is 0. The molecule has 0 heterocycles. The van der Waals surface area contributed by atoms with Crippen LogP contribution in [0.5, 0.6) is 0 Å². The van der Waals surface area contributed by atoms with Crippen LogP contribution in [0, 0.1) is 11.3 Å². The van der Waals surface area contributed by atoms with E-state index in [1.165, 1.54) is 6.42 Å². The Kier molecular flexibility index (Phi) is 6.89. The smallest absolute Gasteiger partial charge is 0.0670 e. The molecule has 0 aliphatic carbocycles. The summed E-state index contributed by atoms with van der Waals surface area (Å²) in [7, 11) is 2.16. The molecule has 0 spiro atoms. The largest absolute Gasteiger partial charge is 0.398 e. The van der Waals surface area contributed by atoms with Gasteiger partial charge >= 0.3 is 0 Å². The molecule has 1 aromatic carbocycles. The van der Waals surface area contributed by atoms with Gasteiger partial charge in [-0.1, -0.05) is 0 Å². The van der Waals surface area contributed by atoms with Crippen LogP contribution in [0.25, 0.3) is 0 Å². The molecule has 0 radical (unpaired) electrons. The number of nitrogens with zero attached hydrogens (tertiary/aromatic N) is 2. The lowest BCUT2D eigenvalue weighted by Crippen LogP contribution is -2.27. The predicted molar refractivity (Wildman–Crippen MR) is 85.7 cm³/mol. The van der Waals surface area contributed by atoms with Crippen molar-refractivity contribution in [1.82, 2.24) is 4.90 Å². The van der Waals surface area contributed by atoms with Crippen molar-refractivity contribution >= 4 is 11.4 Å². The number of rotatable bonds is 8. The summed E-state index contributed by atoms with van der Waals surface area (Å²) in [5.74, 6) is 0. The molecule has 0 amide bonds. The van der Waals surface area contributed by atoms with Crippen LogP contribution >= 0.6 is 0 Å². The Morgan fingerprint density at radius 1 is 1.35 bits per heavy atom. The van der Waals surface area contributed by atoms with Crippen LogP contribution in [0.4, 0.5) is 11.4 Å². The molecule has 4 heteroatoms. The first kappa shape index (κ1) is 16.3. The first-order valence-corrected chi connectivity index (χ1v) is 7.24. The monoisotopic (exact) mass is 274 g/mol. The first-order chi connectivity index (χ1) is 9.54. The number of benzene rings is 1. The molecule has 0 fully saturated rings. The highest BCUT2D eigenvalue weighted by molar-refractivity contribution is 5.57. The third-order valence-corrected chi connectivity index (χ3v) is 3.56. The van der Waals surface area contributed by atoms with E-state index in [0.29, 0.717) is 18.2 Å². The van der Waals surface area contributed by atoms with Crippen molar-refractivity contribution in [3.63, 3.8) is 0 Å². The lowest BCUT2D eigenvalue weighted by atomic mass is 10.1. The summed E-state index contributed by atoms with van der Waals surface area (Å²) in [6, 6.07) is 8.55. The summed E-state index contributed by atoms with van der Waals surface area (Å²) in [6.07, 6.45) is 2.68. The lowest BCUT2D eigenvalue weighted by molar-refractivity contribution is 0.269. The maximum Gasteiger partial charge on any atom is 0.0670 e. The van der Waals surface area contributed by atoms with Crippen LogP contribution in [0.2, 0.25) is 0 Å². The van der Waals surface area contributed by atoms with E-state index in [-0.39, 0.29) is 0 Å². The fraction of sp³-hybridized carbons (Fsp3) is 0.562. The van der Waals surface area contributed by atoms with Crippen molar-refractivity contribution in [2.45, 2.75) is 39.2 Å². The van der Waals surface area contributed by atoms with Crippen LogP contribution in [0.15, 0.2) is 18.2 Å². The first-order valence-electron chi connectivity index (χ1n) is 7.24. The predicted octanol–water partition coefficient (Wildman–Crippen LogP) is 2.87. The van der Waals surface area contributed by atoms with Crippen LogP contribution in [0.1, 0.15) is 32.3 Å². The van der Waals surface area contributed by atoms with Crippen molar-refractivity contribution < 1.29 is 0 Å². The molecule has 0 aliphatic rings. The van der Waals surface area contributed by atoms with E-state index in [0.717, 1.165) is 30.8 Å². The molecule has 0 saturated carbocycles. The second-order valence-corrected chi connectivity index (χ2v) is 5.46. The third kappa shape index (κ3) is 5.50. The summed E-state index contributed by atoms with van der Waals surface area (Å²) < 4.78 is 0. The number of unbranched alkanes of at least 4 members (excludes halogenated alkanes) is 1. The summed E-state index contributed by atoms with van der Waals surface area (Å²) in [6.45, 7) is 6.50. The van der Waals surface area contributed by atoms with Gasteiger partial charge in [0.1, 0.15) is 0 Å². The van der Waals surface area contributed by atoms with Crippen molar-refractivity contribution in [3.05, 3.63) is 23.8 Å². The van der Waals surface area contributed by atoms with Crippen molar-refractivity contribution in [3.8, 4) is 6.07 Å². The molecule has 0 aliphatic heterocycles. The Bertz CT molecular complexity index is 448. The van der Waals surface area contributed by atoms with E-state index in [9.17, 15) is 0 Å². The second-order valence-electron chi connectivity index (χ2n) is 5.46. The van der Waals surface area contributed by atoms with Gasteiger partial charge in [-0.25, -0.2) is 0 Å². The third-order valence-electron chi connectivity index (χ3n) is 3.56. The average molecular weight is 274 g/mol. The molecule has 1 rings (SSSR count). The molecule has 0 aromatic heterocycles. The Hall–Kier alpha value is -1.73. The van der Waals surface area contributed by atoms with E-state index in [1.54, 1.807) is 0 Å². The Labute approximate surface area is 122 Å². The highest BCUT2D eigenvalue weighted by Gasteiger charge is 2.03. The number of hydrogen-bond acceptors (Lipinski definition) is 4. The zero-order valence-corrected chi connectivity index (χ0v) is 12.8. The molecule has 20 heavy (non-hydrogen) atoms. The minimum Gasteiger partial charge on any atom is -0.398 e. The molecule has 1 aromatic rings. The van der Waals surface area contributed by atoms with Gasteiger partial charge in [-0.05, 0) is 64.0 Å². The Morgan fingerprint density at radius 2 is 2.10 bits per heavy atom. The number of nitrogen functional groups attached to an aromatic ring is 1. The summed E-state index contributed by atoms with van der Waals surface area (Å²) in [5.41, 5.74) is 8.46. The van der Waals surface area contributed by atoms with E-state index in [1.807, 2.05) is 18.2 Å². The summed E-state index contributed by atoms with van der Waals surface area (Å²) in [4.78, 5) is 2.36. The molecule has 110 valence electrons. The molecular weight excluding hydrogens is 248 g/mol.